The lowest BCUT2D eigenvalue weighted by atomic mass is 9.87. The molecule has 1 unspecified atom stereocenters. The first-order valence-electron chi connectivity index (χ1n) is 9.02. The molecule has 0 saturated carbocycles. The topological polar surface area (TPSA) is 74.7 Å². The van der Waals surface area contributed by atoms with Crippen molar-refractivity contribution in [3.05, 3.63) is 69.5 Å². The molecule has 3 rings (SSSR count). The Balaban J connectivity index is 2.15. The highest BCUT2D eigenvalue weighted by Gasteiger charge is 2.42. The summed E-state index contributed by atoms with van der Waals surface area (Å²) in [5.41, 5.74) is 2.00. The summed E-state index contributed by atoms with van der Waals surface area (Å²) in [7, 11) is -4.16. The van der Waals surface area contributed by atoms with Gasteiger partial charge in [0.25, 0.3) is 0 Å². The Morgan fingerprint density at radius 1 is 1.24 bits per heavy atom. The molecule has 0 amide bonds. The SMILES string of the molecule is Cc1ccc(F)c(C(C)[C@@H](C(=O)O)N2CC=Cc3cc(Cl)ccc3S2(=O)=O)c1C. The maximum Gasteiger partial charge on any atom is 0.322 e. The average molecular weight is 438 g/mol. The Hall–Kier alpha value is -2.22. The summed E-state index contributed by atoms with van der Waals surface area (Å²) in [4.78, 5) is 12.2. The minimum absolute atomic E-state index is 0.0319. The van der Waals surface area contributed by atoms with E-state index in [0.717, 1.165) is 9.87 Å². The van der Waals surface area contributed by atoms with Crippen molar-refractivity contribution in [2.75, 3.05) is 6.54 Å². The van der Waals surface area contributed by atoms with Crippen LogP contribution in [0, 0.1) is 19.7 Å². The van der Waals surface area contributed by atoms with Crippen molar-refractivity contribution >= 4 is 33.7 Å². The van der Waals surface area contributed by atoms with Gasteiger partial charge in [-0.1, -0.05) is 36.7 Å². The van der Waals surface area contributed by atoms with E-state index in [9.17, 15) is 22.7 Å². The fourth-order valence-corrected chi connectivity index (χ4v) is 5.72. The fourth-order valence-electron chi connectivity index (χ4n) is 3.76. The molecular weight excluding hydrogens is 417 g/mol. The quantitative estimate of drug-likeness (QED) is 0.770. The second kappa shape index (κ2) is 7.89. The lowest BCUT2D eigenvalue weighted by Crippen LogP contribution is -2.48. The highest BCUT2D eigenvalue weighted by Crippen LogP contribution is 2.35. The van der Waals surface area contributed by atoms with Gasteiger partial charge in [0.15, 0.2) is 0 Å². The van der Waals surface area contributed by atoms with Crippen molar-refractivity contribution in [2.45, 2.75) is 37.6 Å². The normalized spacial score (nSPS) is 18.0. The molecule has 1 heterocycles. The Morgan fingerprint density at radius 2 is 1.93 bits per heavy atom. The van der Waals surface area contributed by atoms with E-state index in [1.54, 1.807) is 32.1 Å². The third kappa shape index (κ3) is 3.82. The van der Waals surface area contributed by atoms with E-state index in [2.05, 4.69) is 0 Å². The third-order valence-corrected chi connectivity index (χ3v) is 7.52. The van der Waals surface area contributed by atoms with Gasteiger partial charge in [0.1, 0.15) is 11.9 Å². The van der Waals surface area contributed by atoms with Gasteiger partial charge in [0.2, 0.25) is 10.0 Å². The molecule has 0 bridgehead atoms. The van der Waals surface area contributed by atoms with Gasteiger partial charge < -0.3 is 5.11 Å². The van der Waals surface area contributed by atoms with E-state index in [1.807, 2.05) is 0 Å². The predicted octanol–water partition coefficient (Wildman–Crippen LogP) is 4.37. The average Bonchev–Trinajstić information content (AvgIpc) is 2.75. The molecule has 0 spiro atoms. The van der Waals surface area contributed by atoms with Gasteiger partial charge in [-0.2, -0.15) is 4.31 Å². The monoisotopic (exact) mass is 437 g/mol. The van der Waals surface area contributed by atoms with E-state index >= 15 is 0 Å². The zero-order valence-electron chi connectivity index (χ0n) is 16.2. The van der Waals surface area contributed by atoms with Crippen molar-refractivity contribution in [1.82, 2.24) is 4.31 Å². The highest BCUT2D eigenvalue weighted by atomic mass is 35.5. The minimum Gasteiger partial charge on any atom is -0.480 e. The molecule has 8 heteroatoms. The number of rotatable bonds is 4. The molecule has 0 saturated heterocycles. The van der Waals surface area contributed by atoms with Crippen LogP contribution in [0.2, 0.25) is 5.02 Å². The number of aliphatic carboxylic acids is 1. The summed E-state index contributed by atoms with van der Waals surface area (Å²) in [5.74, 6) is -2.81. The van der Waals surface area contributed by atoms with Crippen LogP contribution in [0.5, 0.6) is 0 Å². The van der Waals surface area contributed by atoms with Crippen molar-refractivity contribution in [2.24, 2.45) is 0 Å². The van der Waals surface area contributed by atoms with E-state index in [1.165, 1.54) is 31.2 Å². The number of carbonyl (C=O) groups is 1. The maximum absolute atomic E-state index is 14.6. The zero-order chi connectivity index (χ0) is 21.5. The van der Waals surface area contributed by atoms with E-state index in [0.29, 0.717) is 16.1 Å². The Kier molecular flexibility index (Phi) is 5.85. The maximum atomic E-state index is 14.6. The fraction of sp³-hybridized carbons (Fsp3) is 0.286. The Morgan fingerprint density at radius 3 is 2.59 bits per heavy atom. The molecule has 0 radical (unpaired) electrons. The van der Waals surface area contributed by atoms with Crippen LogP contribution in [0.3, 0.4) is 0 Å². The Labute approximate surface area is 174 Å². The number of sulfonamides is 1. The molecule has 2 aromatic rings. The van der Waals surface area contributed by atoms with Crippen LogP contribution in [0.25, 0.3) is 6.08 Å². The molecule has 0 aliphatic carbocycles. The van der Waals surface area contributed by atoms with Crippen molar-refractivity contribution in [3.63, 3.8) is 0 Å². The minimum atomic E-state index is -4.16. The smallest absolute Gasteiger partial charge is 0.322 e. The van der Waals surface area contributed by atoms with E-state index < -0.39 is 33.8 Å². The molecule has 0 aromatic heterocycles. The molecule has 29 heavy (non-hydrogen) atoms. The number of hydrogen-bond donors (Lipinski definition) is 1. The van der Waals surface area contributed by atoms with Gasteiger partial charge in [0, 0.05) is 17.5 Å². The summed E-state index contributed by atoms with van der Waals surface area (Å²) < 4.78 is 42.2. The van der Waals surface area contributed by atoms with Crippen LogP contribution in [0.15, 0.2) is 41.3 Å². The predicted molar refractivity (Wildman–Crippen MR) is 110 cm³/mol. The molecule has 154 valence electrons. The van der Waals surface area contributed by atoms with Crippen LogP contribution in [-0.4, -0.2) is 36.4 Å². The summed E-state index contributed by atoms with van der Waals surface area (Å²) in [6.07, 6.45) is 3.17. The molecule has 1 aliphatic rings. The van der Waals surface area contributed by atoms with E-state index in [4.69, 9.17) is 11.6 Å². The number of carboxylic acid groups (broad SMARTS) is 1. The largest absolute Gasteiger partial charge is 0.480 e. The first-order valence-corrected chi connectivity index (χ1v) is 10.8. The molecule has 1 aliphatic heterocycles. The third-order valence-electron chi connectivity index (χ3n) is 5.37. The second-order valence-corrected chi connectivity index (χ2v) is 9.43. The van der Waals surface area contributed by atoms with Gasteiger partial charge >= 0.3 is 5.97 Å². The van der Waals surface area contributed by atoms with Gasteiger partial charge in [-0.25, -0.2) is 12.8 Å². The molecule has 0 fully saturated rings. The summed E-state index contributed by atoms with van der Waals surface area (Å²) in [6, 6.07) is 5.72. The van der Waals surface area contributed by atoms with Crippen molar-refractivity contribution in [3.8, 4) is 0 Å². The summed E-state index contributed by atoms with van der Waals surface area (Å²) in [6.45, 7) is 4.89. The number of hydrogen-bond acceptors (Lipinski definition) is 3. The molecule has 5 nitrogen and oxygen atoms in total. The second-order valence-electron chi connectivity index (χ2n) is 7.13. The van der Waals surface area contributed by atoms with E-state index in [-0.39, 0.29) is 17.0 Å². The van der Waals surface area contributed by atoms with Crippen LogP contribution < -0.4 is 0 Å². The summed E-state index contributed by atoms with van der Waals surface area (Å²) in [5, 5.41) is 10.3. The van der Waals surface area contributed by atoms with Gasteiger partial charge in [-0.3, -0.25) is 4.79 Å². The number of benzene rings is 2. The lowest BCUT2D eigenvalue weighted by Gasteiger charge is -2.32. The molecule has 2 atom stereocenters. The summed E-state index contributed by atoms with van der Waals surface area (Å²) >= 11 is 5.97. The van der Waals surface area contributed by atoms with Crippen LogP contribution in [0.4, 0.5) is 4.39 Å². The number of nitrogens with zero attached hydrogens (tertiary/aromatic N) is 1. The highest BCUT2D eigenvalue weighted by molar-refractivity contribution is 7.89. The van der Waals surface area contributed by atoms with Gasteiger partial charge in [-0.15, -0.1) is 0 Å². The first kappa shape index (κ1) is 21.5. The Bertz CT molecular complexity index is 1110. The van der Waals surface area contributed by atoms with Crippen LogP contribution in [-0.2, 0) is 14.8 Å². The van der Waals surface area contributed by atoms with Gasteiger partial charge in [0.05, 0.1) is 4.90 Å². The lowest BCUT2D eigenvalue weighted by molar-refractivity contribution is -0.142. The number of fused-ring (bicyclic) bond motifs is 1. The number of halogens is 2. The first-order chi connectivity index (χ1) is 13.6. The number of carboxylic acids is 1. The van der Waals surface area contributed by atoms with Crippen molar-refractivity contribution < 1.29 is 22.7 Å². The molecular formula is C21H21ClFNO4S. The standard InChI is InChI=1S/C21H21ClFNO4S/c1-12-6-8-17(23)19(13(12)2)14(3)20(21(25)26)24-10-4-5-15-11-16(22)7-9-18(15)29(24,27)28/h4-9,11,14,20H,10H2,1-3H3,(H,25,26)/t14?,20-/m0/s1. The van der Waals surface area contributed by atoms with Gasteiger partial charge in [-0.05, 0) is 60.4 Å². The molecule has 2 aromatic carbocycles. The van der Waals surface area contributed by atoms with Crippen LogP contribution in [0.1, 0.15) is 35.1 Å². The zero-order valence-corrected chi connectivity index (χ0v) is 17.8. The van der Waals surface area contributed by atoms with Crippen molar-refractivity contribution in [1.29, 1.82) is 0 Å². The number of aryl methyl sites for hydroxylation is 1. The van der Waals surface area contributed by atoms with Crippen LogP contribution >= 0.6 is 11.6 Å². The molecule has 1 N–H and O–H groups in total.